The fourth-order valence-corrected chi connectivity index (χ4v) is 1.06. The van der Waals surface area contributed by atoms with Crippen LogP contribution in [0.25, 0.3) is 11.2 Å². The number of rotatable bonds is 3. The fourth-order valence-electron chi connectivity index (χ4n) is 1.06. The van der Waals surface area contributed by atoms with Gasteiger partial charge >= 0.3 is 0 Å². The lowest BCUT2D eigenvalue weighted by atomic mass is 10.4. The Morgan fingerprint density at radius 1 is 1.43 bits per heavy atom. The third kappa shape index (κ3) is 1.35. The zero-order chi connectivity index (χ0) is 9.97. The average Bonchev–Trinajstić information content (AvgIpc) is 2.66. The van der Waals surface area contributed by atoms with Crippen LogP contribution in [-0.2, 0) is 0 Å². The molecule has 2 aromatic heterocycles. The average molecular weight is 187 g/mol. The fraction of sp³-hybridized carbons (Fsp3) is 0. The van der Waals surface area contributed by atoms with Crippen molar-refractivity contribution >= 4 is 17.0 Å². The first kappa shape index (κ1) is 8.43. The minimum atomic E-state index is 0.624. The van der Waals surface area contributed by atoms with E-state index in [0.29, 0.717) is 17.2 Å². The van der Waals surface area contributed by atoms with E-state index in [0.717, 1.165) is 5.52 Å². The molecule has 0 amide bonds. The number of aromatic amines is 1. The summed E-state index contributed by atoms with van der Waals surface area (Å²) in [6.07, 6.45) is 4.63. The highest BCUT2D eigenvalue weighted by atomic mass is 15.1. The number of hydrogen-bond donors (Lipinski definition) is 2. The van der Waals surface area contributed by atoms with Crippen LogP contribution in [0.15, 0.2) is 37.6 Å². The molecular weight excluding hydrogens is 178 g/mol. The summed E-state index contributed by atoms with van der Waals surface area (Å²) in [7, 11) is 0. The molecule has 0 bridgehead atoms. The van der Waals surface area contributed by atoms with E-state index in [1.54, 1.807) is 12.4 Å². The molecule has 0 fully saturated rings. The molecule has 2 heterocycles. The van der Waals surface area contributed by atoms with Crippen LogP contribution in [0.2, 0.25) is 0 Å². The number of fused-ring (bicyclic) bond motifs is 1. The summed E-state index contributed by atoms with van der Waals surface area (Å²) in [5.74, 6) is 0.650. The van der Waals surface area contributed by atoms with Crippen molar-refractivity contribution in [3.05, 3.63) is 37.6 Å². The minimum absolute atomic E-state index is 0.624. The Labute approximate surface area is 80.6 Å². The molecule has 2 rings (SSSR count). The molecule has 0 aliphatic carbocycles. The highest BCUT2D eigenvalue weighted by Gasteiger charge is 2.04. The van der Waals surface area contributed by atoms with Crippen LogP contribution in [0, 0.1) is 0 Å². The lowest BCUT2D eigenvalue weighted by molar-refractivity contribution is 1.19. The van der Waals surface area contributed by atoms with Gasteiger partial charge in [0.05, 0.1) is 6.33 Å². The second-order valence-corrected chi connectivity index (χ2v) is 2.68. The molecule has 0 atom stereocenters. The molecule has 2 N–H and O–H groups in total. The number of aromatic nitrogens is 4. The number of H-pyrrole nitrogens is 1. The molecule has 2 aromatic rings. The molecule has 5 heteroatoms. The second kappa shape index (κ2) is 3.29. The molecule has 70 valence electrons. The smallest absolute Gasteiger partial charge is 0.182 e. The monoisotopic (exact) mass is 187 g/mol. The molecule has 5 nitrogen and oxygen atoms in total. The Balaban J connectivity index is 2.46. The van der Waals surface area contributed by atoms with Gasteiger partial charge in [-0.2, -0.15) is 0 Å². The Bertz CT molecular complexity index is 485. The molecule has 0 aliphatic rings. The third-order valence-electron chi connectivity index (χ3n) is 1.75. The van der Waals surface area contributed by atoms with Gasteiger partial charge in [0.1, 0.15) is 11.8 Å². The Morgan fingerprint density at radius 3 is 3.07 bits per heavy atom. The minimum Gasteiger partial charge on any atom is -0.340 e. The number of nitrogens with one attached hydrogen (secondary N) is 2. The first-order valence-corrected chi connectivity index (χ1v) is 4.03. The van der Waals surface area contributed by atoms with E-state index in [1.807, 2.05) is 0 Å². The zero-order valence-corrected chi connectivity index (χ0v) is 7.49. The standard InChI is InChI=1S/C9H9N5/c1-3-6(2)14-9-7-8(11-4-10-7)12-5-13-9/h3-5H,1-2H2,(H2,10,11,12,13,14). The maximum absolute atomic E-state index is 4.06. The molecule has 0 unspecified atom stereocenters. The Hall–Kier alpha value is -2.17. The van der Waals surface area contributed by atoms with Crippen LogP contribution >= 0.6 is 0 Å². The molecule has 0 aromatic carbocycles. The highest BCUT2D eigenvalue weighted by molar-refractivity contribution is 5.82. The molecule has 0 saturated carbocycles. The van der Waals surface area contributed by atoms with Gasteiger partial charge in [0.15, 0.2) is 11.5 Å². The first-order chi connectivity index (χ1) is 6.81. The third-order valence-corrected chi connectivity index (χ3v) is 1.75. The molecular formula is C9H9N5. The molecule has 0 radical (unpaired) electrons. The van der Waals surface area contributed by atoms with E-state index >= 15 is 0 Å². The van der Waals surface area contributed by atoms with Gasteiger partial charge < -0.3 is 10.3 Å². The normalized spacial score (nSPS) is 10.0. The SMILES string of the molecule is C=CC(=C)Nc1ncnc2nc[nH]c12. The van der Waals surface area contributed by atoms with Crippen molar-refractivity contribution in [3.63, 3.8) is 0 Å². The Morgan fingerprint density at radius 2 is 2.29 bits per heavy atom. The highest BCUT2D eigenvalue weighted by Crippen LogP contribution is 2.15. The van der Waals surface area contributed by atoms with E-state index in [9.17, 15) is 0 Å². The van der Waals surface area contributed by atoms with Crippen LogP contribution in [0.5, 0.6) is 0 Å². The summed E-state index contributed by atoms with van der Waals surface area (Å²) in [4.78, 5) is 15.0. The van der Waals surface area contributed by atoms with Crippen LogP contribution in [-0.4, -0.2) is 19.9 Å². The lowest BCUT2D eigenvalue weighted by Gasteiger charge is -2.03. The molecule has 0 saturated heterocycles. The van der Waals surface area contributed by atoms with Crippen molar-refractivity contribution in [3.8, 4) is 0 Å². The van der Waals surface area contributed by atoms with Crippen LogP contribution in [0.1, 0.15) is 0 Å². The van der Waals surface area contributed by atoms with Gasteiger partial charge in [0, 0.05) is 5.70 Å². The van der Waals surface area contributed by atoms with Gasteiger partial charge in [-0.15, -0.1) is 0 Å². The van der Waals surface area contributed by atoms with Crippen molar-refractivity contribution in [2.24, 2.45) is 0 Å². The lowest BCUT2D eigenvalue weighted by Crippen LogP contribution is -1.98. The van der Waals surface area contributed by atoms with Crippen LogP contribution < -0.4 is 5.32 Å². The molecule has 0 aliphatic heterocycles. The van der Waals surface area contributed by atoms with E-state index in [-0.39, 0.29) is 0 Å². The van der Waals surface area contributed by atoms with Crippen LogP contribution in [0.4, 0.5) is 5.82 Å². The Kier molecular flexibility index (Phi) is 1.98. The van der Waals surface area contributed by atoms with Crippen molar-refractivity contribution in [1.82, 2.24) is 19.9 Å². The predicted octanol–water partition coefficient (Wildman–Crippen LogP) is 1.46. The van der Waals surface area contributed by atoms with Gasteiger partial charge in [0.25, 0.3) is 0 Å². The van der Waals surface area contributed by atoms with E-state index in [4.69, 9.17) is 0 Å². The quantitative estimate of drug-likeness (QED) is 0.714. The molecule has 0 spiro atoms. The maximum atomic E-state index is 4.06. The second-order valence-electron chi connectivity index (χ2n) is 2.68. The van der Waals surface area contributed by atoms with E-state index in [1.165, 1.54) is 6.33 Å². The van der Waals surface area contributed by atoms with E-state index in [2.05, 4.69) is 38.4 Å². The number of anilines is 1. The predicted molar refractivity (Wildman–Crippen MR) is 54.6 cm³/mol. The number of nitrogens with zero attached hydrogens (tertiary/aromatic N) is 3. The summed E-state index contributed by atoms with van der Waals surface area (Å²) in [5.41, 5.74) is 2.06. The van der Waals surface area contributed by atoms with Gasteiger partial charge in [-0.25, -0.2) is 15.0 Å². The number of allylic oxidation sites excluding steroid dienone is 1. The van der Waals surface area contributed by atoms with Gasteiger partial charge in [-0.3, -0.25) is 0 Å². The van der Waals surface area contributed by atoms with Crippen molar-refractivity contribution in [2.45, 2.75) is 0 Å². The summed E-state index contributed by atoms with van der Waals surface area (Å²) in [5, 5.41) is 2.99. The number of hydrogen-bond acceptors (Lipinski definition) is 4. The van der Waals surface area contributed by atoms with Crippen LogP contribution in [0.3, 0.4) is 0 Å². The van der Waals surface area contributed by atoms with Crippen molar-refractivity contribution in [2.75, 3.05) is 5.32 Å². The first-order valence-electron chi connectivity index (χ1n) is 4.03. The summed E-state index contributed by atoms with van der Waals surface area (Å²) >= 11 is 0. The topological polar surface area (TPSA) is 66.5 Å². The largest absolute Gasteiger partial charge is 0.340 e. The summed E-state index contributed by atoms with van der Waals surface area (Å²) in [6, 6.07) is 0. The maximum Gasteiger partial charge on any atom is 0.182 e. The van der Waals surface area contributed by atoms with Gasteiger partial charge in [-0.1, -0.05) is 13.2 Å². The summed E-state index contributed by atoms with van der Waals surface area (Å²) in [6.45, 7) is 7.33. The molecule has 14 heavy (non-hydrogen) atoms. The van der Waals surface area contributed by atoms with Crippen molar-refractivity contribution in [1.29, 1.82) is 0 Å². The van der Waals surface area contributed by atoms with Gasteiger partial charge in [0.2, 0.25) is 0 Å². The number of imidazole rings is 1. The van der Waals surface area contributed by atoms with E-state index < -0.39 is 0 Å². The zero-order valence-electron chi connectivity index (χ0n) is 7.49. The van der Waals surface area contributed by atoms with Gasteiger partial charge in [-0.05, 0) is 6.08 Å². The van der Waals surface area contributed by atoms with Crippen molar-refractivity contribution < 1.29 is 0 Å². The summed E-state index contributed by atoms with van der Waals surface area (Å²) < 4.78 is 0.